The lowest BCUT2D eigenvalue weighted by Crippen LogP contribution is -2.50. The van der Waals surface area contributed by atoms with Crippen LogP contribution in [0.3, 0.4) is 0 Å². The maximum absolute atomic E-state index is 12.3. The van der Waals surface area contributed by atoms with E-state index >= 15 is 0 Å². The molecule has 0 aromatic heterocycles. The van der Waals surface area contributed by atoms with Crippen molar-refractivity contribution < 1.29 is 4.79 Å². The monoisotopic (exact) mass is 238 g/mol. The molecule has 1 N–H and O–H groups in total. The predicted octanol–water partition coefficient (Wildman–Crippen LogP) is 2.37. The quantitative estimate of drug-likeness (QED) is 0.801. The SMILES string of the molecule is CCC1NC(C)C(=O)N1C1CCCC(C)C1C. The number of amides is 1. The molecule has 3 heteroatoms. The fourth-order valence-corrected chi connectivity index (χ4v) is 3.47. The third-order valence-corrected chi connectivity index (χ3v) is 4.81. The highest BCUT2D eigenvalue weighted by atomic mass is 16.2. The number of nitrogens with one attached hydrogen (secondary N) is 1. The molecule has 1 saturated heterocycles. The lowest BCUT2D eigenvalue weighted by molar-refractivity contribution is -0.134. The molecule has 0 aromatic rings. The van der Waals surface area contributed by atoms with Gasteiger partial charge in [-0.3, -0.25) is 10.1 Å². The molecule has 0 spiro atoms. The van der Waals surface area contributed by atoms with Gasteiger partial charge >= 0.3 is 0 Å². The third kappa shape index (κ3) is 2.22. The van der Waals surface area contributed by atoms with E-state index in [0.29, 0.717) is 17.9 Å². The predicted molar refractivity (Wildman–Crippen MR) is 69.5 cm³/mol. The van der Waals surface area contributed by atoms with Gasteiger partial charge in [0, 0.05) is 6.04 Å². The Kier molecular flexibility index (Phi) is 3.76. The summed E-state index contributed by atoms with van der Waals surface area (Å²) in [6, 6.07) is 0.457. The molecule has 17 heavy (non-hydrogen) atoms. The smallest absolute Gasteiger partial charge is 0.240 e. The van der Waals surface area contributed by atoms with Crippen LogP contribution in [0.1, 0.15) is 53.4 Å². The average Bonchev–Trinajstić information content (AvgIpc) is 2.59. The molecule has 3 nitrogen and oxygen atoms in total. The number of carbonyl (C=O) groups is 1. The minimum Gasteiger partial charge on any atom is -0.323 e. The first-order chi connectivity index (χ1) is 8.06. The average molecular weight is 238 g/mol. The summed E-state index contributed by atoms with van der Waals surface area (Å²) in [7, 11) is 0. The van der Waals surface area contributed by atoms with Crippen LogP contribution in [0.2, 0.25) is 0 Å². The second kappa shape index (κ2) is 4.97. The molecule has 0 bridgehead atoms. The van der Waals surface area contributed by atoms with Gasteiger partial charge < -0.3 is 4.90 Å². The van der Waals surface area contributed by atoms with Gasteiger partial charge in [0.25, 0.3) is 0 Å². The summed E-state index contributed by atoms with van der Waals surface area (Å²) < 4.78 is 0. The molecule has 0 aromatic carbocycles. The van der Waals surface area contributed by atoms with Crippen molar-refractivity contribution in [3.8, 4) is 0 Å². The summed E-state index contributed by atoms with van der Waals surface area (Å²) in [5.74, 6) is 1.69. The van der Waals surface area contributed by atoms with Gasteiger partial charge in [-0.05, 0) is 31.6 Å². The lowest BCUT2D eigenvalue weighted by atomic mass is 9.77. The number of hydrogen-bond acceptors (Lipinski definition) is 2. The van der Waals surface area contributed by atoms with E-state index in [2.05, 4.69) is 31.0 Å². The summed E-state index contributed by atoms with van der Waals surface area (Å²) in [6.45, 7) is 8.79. The zero-order valence-corrected chi connectivity index (χ0v) is 11.6. The second-order valence-electron chi connectivity index (χ2n) is 5.89. The summed E-state index contributed by atoms with van der Waals surface area (Å²) in [4.78, 5) is 14.4. The zero-order chi connectivity index (χ0) is 12.6. The molecule has 5 unspecified atom stereocenters. The van der Waals surface area contributed by atoms with Crippen molar-refractivity contribution in [2.75, 3.05) is 0 Å². The Labute approximate surface area is 105 Å². The van der Waals surface area contributed by atoms with Crippen LogP contribution in [0.5, 0.6) is 0 Å². The van der Waals surface area contributed by atoms with Gasteiger partial charge in [0.15, 0.2) is 0 Å². The maximum atomic E-state index is 12.3. The molecule has 1 saturated carbocycles. The Hall–Kier alpha value is -0.570. The molecule has 98 valence electrons. The van der Waals surface area contributed by atoms with Gasteiger partial charge in [0.1, 0.15) is 0 Å². The number of hydrogen-bond donors (Lipinski definition) is 1. The van der Waals surface area contributed by atoms with Gasteiger partial charge in [-0.25, -0.2) is 0 Å². The van der Waals surface area contributed by atoms with Crippen LogP contribution in [0.15, 0.2) is 0 Å². The first-order valence-electron chi connectivity index (χ1n) is 7.14. The molecule has 2 fully saturated rings. The van der Waals surface area contributed by atoms with E-state index in [1.807, 2.05) is 6.92 Å². The zero-order valence-electron chi connectivity index (χ0n) is 11.6. The van der Waals surface area contributed by atoms with E-state index in [1.165, 1.54) is 19.3 Å². The number of carbonyl (C=O) groups excluding carboxylic acids is 1. The van der Waals surface area contributed by atoms with Crippen molar-refractivity contribution in [1.82, 2.24) is 10.2 Å². The lowest BCUT2D eigenvalue weighted by Gasteiger charge is -2.42. The van der Waals surface area contributed by atoms with Crippen molar-refractivity contribution in [3.05, 3.63) is 0 Å². The molecule has 2 rings (SSSR count). The van der Waals surface area contributed by atoms with Crippen molar-refractivity contribution in [1.29, 1.82) is 0 Å². The van der Waals surface area contributed by atoms with E-state index < -0.39 is 0 Å². The Morgan fingerprint density at radius 1 is 1.29 bits per heavy atom. The van der Waals surface area contributed by atoms with Crippen molar-refractivity contribution in [3.63, 3.8) is 0 Å². The van der Waals surface area contributed by atoms with E-state index in [1.54, 1.807) is 0 Å². The molecule has 1 heterocycles. The van der Waals surface area contributed by atoms with Crippen molar-refractivity contribution in [2.45, 2.75) is 71.6 Å². The third-order valence-electron chi connectivity index (χ3n) is 4.81. The molecular weight excluding hydrogens is 212 g/mol. The largest absolute Gasteiger partial charge is 0.323 e. The molecule has 2 aliphatic rings. The molecule has 1 aliphatic carbocycles. The molecule has 1 aliphatic heterocycles. The summed E-state index contributed by atoms with van der Waals surface area (Å²) in [5.41, 5.74) is 0. The normalized spacial score (nSPS) is 43.2. The Bertz CT molecular complexity index is 292. The highest BCUT2D eigenvalue weighted by molar-refractivity contribution is 5.84. The van der Waals surface area contributed by atoms with Gasteiger partial charge in [0.05, 0.1) is 12.2 Å². The van der Waals surface area contributed by atoms with Crippen LogP contribution >= 0.6 is 0 Å². The van der Waals surface area contributed by atoms with Crippen LogP contribution in [0.4, 0.5) is 0 Å². The van der Waals surface area contributed by atoms with E-state index in [9.17, 15) is 4.79 Å². The van der Waals surface area contributed by atoms with Gasteiger partial charge in [0.2, 0.25) is 5.91 Å². The van der Waals surface area contributed by atoms with Crippen LogP contribution in [-0.2, 0) is 4.79 Å². The van der Waals surface area contributed by atoms with Crippen LogP contribution in [0, 0.1) is 11.8 Å². The highest BCUT2D eigenvalue weighted by Gasteiger charge is 2.43. The molecule has 5 atom stereocenters. The molecule has 0 radical (unpaired) electrons. The Morgan fingerprint density at radius 2 is 2.00 bits per heavy atom. The molecule has 1 amide bonds. The standard InChI is InChI=1S/C14H26N2O/c1-5-13-15-11(4)14(17)16(13)12-8-6-7-9(2)10(12)3/h9-13,15H,5-8H2,1-4H3. The fraction of sp³-hybridized carbons (Fsp3) is 0.929. The fourth-order valence-electron chi connectivity index (χ4n) is 3.47. The minimum absolute atomic E-state index is 0.00406. The Morgan fingerprint density at radius 3 is 2.65 bits per heavy atom. The van der Waals surface area contributed by atoms with Gasteiger partial charge in [-0.15, -0.1) is 0 Å². The van der Waals surface area contributed by atoms with Crippen molar-refractivity contribution >= 4 is 5.91 Å². The first-order valence-corrected chi connectivity index (χ1v) is 7.14. The number of rotatable bonds is 2. The van der Waals surface area contributed by atoms with E-state index in [0.717, 1.165) is 12.3 Å². The topological polar surface area (TPSA) is 32.3 Å². The molecular formula is C14H26N2O. The van der Waals surface area contributed by atoms with Crippen molar-refractivity contribution in [2.24, 2.45) is 11.8 Å². The number of nitrogens with zero attached hydrogens (tertiary/aromatic N) is 1. The Balaban J connectivity index is 2.16. The van der Waals surface area contributed by atoms with Gasteiger partial charge in [-0.1, -0.05) is 33.6 Å². The second-order valence-corrected chi connectivity index (χ2v) is 5.89. The maximum Gasteiger partial charge on any atom is 0.240 e. The summed E-state index contributed by atoms with van der Waals surface area (Å²) >= 11 is 0. The van der Waals surface area contributed by atoms with Crippen LogP contribution in [0.25, 0.3) is 0 Å². The summed E-state index contributed by atoms with van der Waals surface area (Å²) in [5, 5.41) is 3.41. The van der Waals surface area contributed by atoms with E-state index in [4.69, 9.17) is 0 Å². The van der Waals surface area contributed by atoms with Crippen LogP contribution in [-0.4, -0.2) is 29.1 Å². The van der Waals surface area contributed by atoms with Crippen LogP contribution < -0.4 is 5.32 Å². The first kappa shape index (κ1) is 12.9. The van der Waals surface area contributed by atoms with E-state index in [-0.39, 0.29) is 12.2 Å². The minimum atomic E-state index is 0.00406. The van der Waals surface area contributed by atoms with Gasteiger partial charge in [-0.2, -0.15) is 0 Å². The highest BCUT2D eigenvalue weighted by Crippen LogP contribution is 2.35. The summed E-state index contributed by atoms with van der Waals surface area (Å²) in [6.07, 6.45) is 5.04.